The van der Waals surface area contributed by atoms with Gasteiger partial charge in [-0.1, -0.05) is 25.4 Å². The maximum absolute atomic E-state index is 12.1. The minimum Gasteiger partial charge on any atom is -0.388 e. The van der Waals surface area contributed by atoms with Crippen LogP contribution in [0.25, 0.3) is 5.69 Å². The number of aliphatic hydroxyl groups is 1. The summed E-state index contributed by atoms with van der Waals surface area (Å²) in [4.78, 5) is 12.1. The number of nitrogens with zero attached hydrogens (tertiary/aromatic N) is 2. The van der Waals surface area contributed by atoms with Gasteiger partial charge in [0.25, 0.3) is 5.91 Å². The van der Waals surface area contributed by atoms with Gasteiger partial charge >= 0.3 is 0 Å². The van der Waals surface area contributed by atoms with E-state index in [9.17, 15) is 9.90 Å². The molecule has 118 valence electrons. The van der Waals surface area contributed by atoms with Crippen molar-refractivity contribution >= 4 is 17.5 Å². The molecule has 0 radical (unpaired) electrons. The summed E-state index contributed by atoms with van der Waals surface area (Å²) in [6.07, 6.45) is 3.14. The van der Waals surface area contributed by atoms with Crippen LogP contribution >= 0.6 is 11.6 Å². The summed E-state index contributed by atoms with van der Waals surface area (Å²) in [5.74, 6) is -0.217. The Morgan fingerprint density at radius 2 is 2.05 bits per heavy atom. The Kier molecular flexibility index (Phi) is 4.88. The van der Waals surface area contributed by atoms with Gasteiger partial charge in [0.2, 0.25) is 0 Å². The summed E-state index contributed by atoms with van der Waals surface area (Å²) in [5, 5.41) is 17.7. The highest BCUT2D eigenvalue weighted by Crippen LogP contribution is 2.15. The smallest absolute Gasteiger partial charge is 0.254 e. The molecule has 0 saturated heterocycles. The van der Waals surface area contributed by atoms with Gasteiger partial charge in [0, 0.05) is 17.8 Å². The summed E-state index contributed by atoms with van der Waals surface area (Å²) in [6, 6.07) is 7.16. The van der Waals surface area contributed by atoms with Crippen molar-refractivity contribution in [3.8, 4) is 5.69 Å². The van der Waals surface area contributed by atoms with Crippen LogP contribution in [0.3, 0.4) is 0 Å². The van der Waals surface area contributed by atoms with Gasteiger partial charge in [-0.3, -0.25) is 4.79 Å². The van der Waals surface area contributed by atoms with Crippen molar-refractivity contribution < 1.29 is 9.90 Å². The summed E-state index contributed by atoms with van der Waals surface area (Å²) < 4.78 is 1.60. The standard InChI is InChI=1S/C16H20ClN3O2/c1-11(2)16(3,22)10-18-15(21)12-8-19-20(9-12)14-6-4-13(17)5-7-14/h4-9,11,22H,10H2,1-3H3,(H,18,21). The predicted molar refractivity (Wildman–Crippen MR) is 86.4 cm³/mol. The largest absolute Gasteiger partial charge is 0.388 e. The van der Waals surface area contributed by atoms with Crippen molar-refractivity contribution in [2.24, 2.45) is 5.92 Å². The minimum absolute atomic E-state index is 0.0459. The van der Waals surface area contributed by atoms with E-state index in [2.05, 4.69) is 10.4 Å². The lowest BCUT2D eigenvalue weighted by Crippen LogP contribution is -2.44. The number of hydrogen-bond donors (Lipinski definition) is 2. The van der Waals surface area contributed by atoms with Crippen LogP contribution in [0, 0.1) is 5.92 Å². The molecular weight excluding hydrogens is 302 g/mol. The van der Waals surface area contributed by atoms with E-state index in [0.29, 0.717) is 10.6 Å². The third-order valence-corrected chi connectivity index (χ3v) is 4.04. The van der Waals surface area contributed by atoms with Crippen LogP contribution in [-0.4, -0.2) is 32.9 Å². The summed E-state index contributed by atoms with van der Waals surface area (Å²) >= 11 is 5.85. The Labute approximate surface area is 134 Å². The average Bonchev–Trinajstić information content (AvgIpc) is 2.95. The second kappa shape index (κ2) is 6.50. The van der Waals surface area contributed by atoms with E-state index >= 15 is 0 Å². The monoisotopic (exact) mass is 321 g/mol. The van der Waals surface area contributed by atoms with Crippen LogP contribution in [0.4, 0.5) is 0 Å². The molecule has 2 aromatic rings. The second-order valence-electron chi connectivity index (χ2n) is 5.84. The fourth-order valence-electron chi connectivity index (χ4n) is 1.74. The number of hydrogen-bond acceptors (Lipinski definition) is 3. The van der Waals surface area contributed by atoms with E-state index in [4.69, 9.17) is 11.6 Å². The van der Waals surface area contributed by atoms with Crippen LogP contribution in [-0.2, 0) is 0 Å². The third kappa shape index (κ3) is 3.87. The zero-order valence-electron chi connectivity index (χ0n) is 12.9. The molecule has 2 N–H and O–H groups in total. The molecule has 6 heteroatoms. The number of halogens is 1. The highest BCUT2D eigenvalue weighted by atomic mass is 35.5. The van der Waals surface area contributed by atoms with Gasteiger partial charge in [-0.25, -0.2) is 4.68 Å². The van der Waals surface area contributed by atoms with Crippen LogP contribution in [0.1, 0.15) is 31.1 Å². The molecule has 0 aliphatic carbocycles. The molecule has 1 amide bonds. The lowest BCUT2D eigenvalue weighted by Gasteiger charge is -2.27. The van der Waals surface area contributed by atoms with Gasteiger partial charge in [-0.05, 0) is 37.1 Å². The van der Waals surface area contributed by atoms with Gasteiger partial charge in [-0.2, -0.15) is 5.10 Å². The Hall–Kier alpha value is -1.85. The molecule has 0 aliphatic rings. The molecule has 0 bridgehead atoms. The van der Waals surface area contributed by atoms with Crippen molar-refractivity contribution in [3.63, 3.8) is 0 Å². The molecule has 0 spiro atoms. The Bertz CT molecular complexity index is 648. The van der Waals surface area contributed by atoms with Gasteiger partial charge in [0.15, 0.2) is 0 Å². The molecule has 1 heterocycles. The lowest BCUT2D eigenvalue weighted by molar-refractivity contribution is 0.0142. The number of nitrogens with one attached hydrogen (secondary N) is 1. The van der Waals surface area contributed by atoms with Crippen molar-refractivity contribution in [1.29, 1.82) is 0 Å². The Balaban J connectivity index is 2.05. The molecule has 1 aromatic carbocycles. The third-order valence-electron chi connectivity index (χ3n) is 3.79. The molecule has 1 aromatic heterocycles. The number of benzene rings is 1. The highest BCUT2D eigenvalue weighted by Gasteiger charge is 2.25. The van der Waals surface area contributed by atoms with Crippen molar-refractivity contribution in [2.45, 2.75) is 26.4 Å². The van der Waals surface area contributed by atoms with E-state index in [1.807, 2.05) is 26.0 Å². The lowest BCUT2D eigenvalue weighted by atomic mass is 9.92. The minimum atomic E-state index is -0.943. The number of rotatable bonds is 5. The Morgan fingerprint density at radius 1 is 1.41 bits per heavy atom. The normalized spacial score (nSPS) is 13.9. The van der Waals surface area contributed by atoms with Gasteiger partial charge in [0.1, 0.15) is 0 Å². The quantitative estimate of drug-likeness (QED) is 0.889. The molecule has 2 rings (SSSR count). The van der Waals surface area contributed by atoms with E-state index in [-0.39, 0.29) is 18.4 Å². The van der Waals surface area contributed by atoms with E-state index in [0.717, 1.165) is 5.69 Å². The first-order chi connectivity index (χ1) is 10.3. The summed E-state index contributed by atoms with van der Waals surface area (Å²) in [5.41, 5.74) is 0.314. The molecule has 5 nitrogen and oxygen atoms in total. The van der Waals surface area contributed by atoms with Gasteiger partial charge < -0.3 is 10.4 Å². The van der Waals surface area contributed by atoms with Crippen molar-refractivity contribution in [3.05, 3.63) is 47.2 Å². The van der Waals surface area contributed by atoms with E-state index in [1.165, 1.54) is 6.20 Å². The summed E-state index contributed by atoms with van der Waals surface area (Å²) in [6.45, 7) is 5.71. The molecule has 1 atom stereocenters. The number of carbonyl (C=O) groups excluding carboxylic acids is 1. The molecule has 0 fully saturated rings. The molecular formula is C16H20ClN3O2. The van der Waals surface area contributed by atoms with Gasteiger partial charge in [-0.15, -0.1) is 0 Å². The van der Waals surface area contributed by atoms with E-state index in [1.54, 1.807) is 29.9 Å². The van der Waals surface area contributed by atoms with Crippen LogP contribution in [0.2, 0.25) is 5.02 Å². The van der Waals surface area contributed by atoms with Crippen LogP contribution in [0.5, 0.6) is 0 Å². The zero-order chi connectivity index (χ0) is 16.3. The highest BCUT2D eigenvalue weighted by molar-refractivity contribution is 6.30. The van der Waals surface area contributed by atoms with Crippen molar-refractivity contribution in [2.75, 3.05) is 6.54 Å². The Morgan fingerprint density at radius 3 is 2.64 bits per heavy atom. The topological polar surface area (TPSA) is 67.2 Å². The number of aromatic nitrogens is 2. The number of carbonyl (C=O) groups is 1. The first-order valence-corrected chi connectivity index (χ1v) is 7.48. The van der Waals surface area contributed by atoms with Crippen molar-refractivity contribution in [1.82, 2.24) is 15.1 Å². The summed E-state index contributed by atoms with van der Waals surface area (Å²) in [7, 11) is 0. The van der Waals surface area contributed by atoms with Gasteiger partial charge in [0.05, 0.1) is 23.0 Å². The SMILES string of the molecule is CC(C)C(C)(O)CNC(=O)c1cnn(-c2ccc(Cl)cc2)c1. The maximum Gasteiger partial charge on any atom is 0.254 e. The van der Waals surface area contributed by atoms with Crippen LogP contribution < -0.4 is 5.32 Å². The fraction of sp³-hybridized carbons (Fsp3) is 0.375. The maximum atomic E-state index is 12.1. The van der Waals surface area contributed by atoms with Crippen LogP contribution in [0.15, 0.2) is 36.7 Å². The molecule has 0 aliphatic heterocycles. The fourth-order valence-corrected chi connectivity index (χ4v) is 1.87. The second-order valence-corrected chi connectivity index (χ2v) is 6.28. The molecule has 1 unspecified atom stereocenters. The number of amides is 1. The molecule has 22 heavy (non-hydrogen) atoms. The predicted octanol–water partition coefficient (Wildman–Crippen LogP) is 2.66. The first-order valence-electron chi connectivity index (χ1n) is 7.11. The van der Waals surface area contributed by atoms with E-state index < -0.39 is 5.60 Å². The average molecular weight is 322 g/mol. The molecule has 0 saturated carbocycles. The first kappa shape index (κ1) is 16.5. The zero-order valence-corrected chi connectivity index (χ0v) is 13.6.